The third-order valence-corrected chi connectivity index (χ3v) is 3.49. The summed E-state index contributed by atoms with van der Waals surface area (Å²) in [4.78, 5) is 0. The number of hydrogen-bond acceptors (Lipinski definition) is 4. The van der Waals surface area contributed by atoms with E-state index >= 15 is 0 Å². The maximum absolute atomic E-state index is 13.2. The lowest BCUT2D eigenvalue weighted by molar-refractivity contribution is 0.490. The van der Waals surface area contributed by atoms with E-state index in [0.717, 1.165) is 36.8 Å². The third kappa shape index (κ3) is 4.11. The second-order valence-electron chi connectivity index (χ2n) is 4.48. The fraction of sp³-hybridized carbons (Fsp3) is 0.429. The van der Waals surface area contributed by atoms with Crippen molar-refractivity contribution < 1.29 is 8.81 Å². The van der Waals surface area contributed by atoms with Crippen molar-refractivity contribution in [3.05, 3.63) is 34.4 Å². The van der Waals surface area contributed by atoms with Crippen molar-refractivity contribution in [2.24, 2.45) is 0 Å². The molecule has 0 aliphatic heterocycles. The van der Waals surface area contributed by atoms with Crippen molar-refractivity contribution in [3.63, 3.8) is 0 Å². The van der Waals surface area contributed by atoms with Crippen LogP contribution >= 0.6 is 15.9 Å². The molecule has 0 radical (unpaired) electrons. The normalized spacial score (nSPS) is 10.9. The highest BCUT2D eigenvalue weighted by Gasteiger charge is 2.12. The molecular formula is C14H17BrFN3O. The fourth-order valence-electron chi connectivity index (χ4n) is 1.79. The predicted molar refractivity (Wildman–Crippen MR) is 78.9 cm³/mol. The van der Waals surface area contributed by atoms with Crippen molar-refractivity contribution >= 4 is 15.9 Å². The van der Waals surface area contributed by atoms with Gasteiger partial charge in [0.05, 0.1) is 5.56 Å². The standard InChI is InChI=1S/C14H17BrFN3O/c1-2-7-17-8-3-4-13-18-19-14(20-13)11-9-10(16)5-6-12(11)15/h5-6,9,17H,2-4,7-8H2,1H3. The Balaban J connectivity index is 1.96. The molecule has 0 aliphatic rings. The van der Waals surface area contributed by atoms with Crippen LogP contribution < -0.4 is 5.32 Å². The fourth-order valence-corrected chi connectivity index (χ4v) is 2.21. The average molecular weight is 342 g/mol. The van der Waals surface area contributed by atoms with Gasteiger partial charge < -0.3 is 9.73 Å². The van der Waals surface area contributed by atoms with E-state index in [-0.39, 0.29) is 5.82 Å². The Bertz CT molecular complexity index is 559. The van der Waals surface area contributed by atoms with Gasteiger partial charge in [-0.1, -0.05) is 6.92 Å². The summed E-state index contributed by atoms with van der Waals surface area (Å²) in [7, 11) is 0. The number of hydrogen-bond donors (Lipinski definition) is 1. The SMILES string of the molecule is CCCNCCCc1nnc(-c2cc(F)ccc2Br)o1. The Labute approximate surface area is 125 Å². The Morgan fingerprint density at radius 3 is 2.95 bits per heavy atom. The highest BCUT2D eigenvalue weighted by Crippen LogP contribution is 2.28. The molecule has 0 fully saturated rings. The van der Waals surface area contributed by atoms with Gasteiger partial charge in [-0.3, -0.25) is 0 Å². The van der Waals surface area contributed by atoms with E-state index in [0.29, 0.717) is 17.3 Å². The van der Waals surface area contributed by atoms with E-state index in [1.54, 1.807) is 6.07 Å². The van der Waals surface area contributed by atoms with Gasteiger partial charge in [0.2, 0.25) is 11.8 Å². The van der Waals surface area contributed by atoms with Crippen molar-refractivity contribution in [2.75, 3.05) is 13.1 Å². The molecule has 108 valence electrons. The Morgan fingerprint density at radius 2 is 2.15 bits per heavy atom. The Morgan fingerprint density at radius 1 is 1.30 bits per heavy atom. The van der Waals surface area contributed by atoms with E-state index < -0.39 is 0 Å². The summed E-state index contributed by atoms with van der Waals surface area (Å²) < 4.78 is 19.5. The molecule has 0 unspecified atom stereocenters. The van der Waals surface area contributed by atoms with Crippen LogP contribution in [0.2, 0.25) is 0 Å². The molecule has 1 heterocycles. The van der Waals surface area contributed by atoms with Crippen LogP contribution in [0.1, 0.15) is 25.7 Å². The van der Waals surface area contributed by atoms with Gasteiger partial charge in [-0.15, -0.1) is 10.2 Å². The predicted octanol–water partition coefficient (Wildman–Crippen LogP) is 3.57. The first-order valence-electron chi connectivity index (χ1n) is 6.69. The largest absolute Gasteiger partial charge is 0.421 e. The molecule has 0 aliphatic carbocycles. The van der Waals surface area contributed by atoms with Gasteiger partial charge in [-0.2, -0.15) is 0 Å². The zero-order valence-electron chi connectivity index (χ0n) is 11.3. The topological polar surface area (TPSA) is 51.0 Å². The van der Waals surface area contributed by atoms with Crippen LogP contribution in [0.5, 0.6) is 0 Å². The molecular weight excluding hydrogens is 325 g/mol. The summed E-state index contributed by atoms with van der Waals surface area (Å²) in [5.74, 6) is 0.592. The molecule has 1 aromatic heterocycles. The number of halogens is 2. The van der Waals surface area contributed by atoms with E-state index in [1.165, 1.54) is 12.1 Å². The third-order valence-electron chi connectivity index (χ3n) is 2.80. The van der Waals surface area contributed by atoms with Crippen LogP contribution in [0.25, 0.3) is 11.5 Å². The summed E-state index contributed by atoms with van der Waals surface area (Å²) >= 11 is 3.35. The number of rotatable bonds is 7. The first kappa shape index (κ1) is 15.1. The van der Waals surface area contributed by atoms with Crippen LogP contribution in [0, 0.1) is 5.82 Å². The van der Waals surface area contributed by atoms with E-state index in [1.807, 2.05) is 0 Å². The van der Waals surface area contributed by atoms with Gasteiger partial charge in [0.25, 0.3) is 0 Å². The zero-order valence-corrected chi connectivity index (χ0v) is 12.9. The molecule has 0 bridgehead atoms. The van der Waals surface area contributed by atoms with Gasteiger partial charge >= 0.3 is 0 Å². The molecule has 4 nitrogen and oxygen atoms in total. The monoisotopic (exact) mass is 341 g/mol. The maximum Gasteiger partial charge on any atom is 0.248 e. The molecule has 0 amide bonds. The molecule has 0 atom stereocenters. The summed E-state index contributed by atoms with van der Waals surface area (Å²) in [5, 5.41) is 11.3. The number of benzene rings is 1. The van der Waals surface area contributed by atoms with Crippen molar-refractivity contribution in [2.45, 2.75) is 26.2 Å². The molecule has 1 N–H and O–H groups in total. The summed E-state index contributed by atoms with van der Waals surface area (Å²) in [6, 6.07) is 4.39. The van der Waals surface area contributed by atoms with Crippen molar-refractivity contribution in [1.29, 1.82) is 0 Å². The van der Waals surface area contributed by atoms with Gasteiger partial charge in [-0.25, -0.2) is 4.39 Å². The number of aryl methyl sites for hydroxylation is 1. The first-order chi connectivity index (χ1) is 9.70. The molecule has 2 rings (SSSR count). The Kier molecular flexibility index (Phi) is 5.67. The van der Waals surface area contributed by atoms with Crippen LogP contribution in [0.4, 0.5) is 4.39 Å². The minimum atomic E-state index is -0.327. The van der Waals surface area contributed by atoms with Gasteiger partial charge in [0.1, 0.15) is 5.82 Å². The molecule has 6 heteroatoms. The van der Waals surface area contributed by atoms with Crippen LogP contribution in [0.15, 0.2) is 27.1 Å². The van der Waals surface area contributed by atoms with E-state index in [2.05, 4.69) is 38.4 Å². The highest BCUT2D eigenvalue weighted by molar-refractivity contribution is 9.10. The quantitative estimate of drug-likeness (QED) is 0.782. The van der Waals surface area contributed by atoms with Crippen LogP contribution in [0.3, 0.4) is 0 Å². The smallest absolute Gasteiger partial charge is 0.248 e. The number of nitrogens with one attached hydrogen (secondary N) is 1. The van der Waals surface area contributed by atoms with Crippen molar-refractivity contribution in [3.8, 4) is 11.5 Å². The second kappa shape index (κ2) is 7.50. The zero-order chi connectivity index (χ0) is 14.4. The Hall–Kier alpha value is -1.27. The minimum absolute atomic E-state index is 0.327. The summed E-state index contributed by atoms with van der Waals surface area (Å²) in [6.07, 6.45) is 2.78. The van der Waals surface area contributed by atoms with Gasteiger partial charge in [-0.05, 0) is 60.1 Å². The van der Waals surface area contributed by atoms with Gasteiger partial charge in [0.15, 0.2) is 0 Å². The lowest BCUT2D eigenvalue weighted by atomic mass is 10.2. The molecule has 0 saturated heterocycles. The minimum Gasteiger partial charge on any atom is -0.421 e. The average Bonchev–Trinajstić information content (AvgIpc) is 2.90. The van der Waals surface area contributed by atoms with E-state index in [4.69, 9.17) is 4.42 Å². The molecule has 0 spiro atoms. The van der Waals surface area contributed by atoms with Gasteiger partial charge in [0, 0.05) is 10.9 Å². The molecule has 20 heavy (non-hydrogen) atoms. The number of nitrogens with zero attached hydrogens (tertiary/aromatic N) is 2. The first-order valence-corrected chi connectivity index (χ1v) is 7.48. The molecule has 0 saturated carbocycles. The van der Waals surface area contributed by atoms with E-state index in [9.17, 15) is 4.39 Å². The molecule has 1 aromatic carbocycles. The molecule has 2 aromatic rings. The number of aromatic nitrogens is 2. The lowest BCUT2D eigenvalue weighted by Gasteiger charge is -2.00. The second-order valence-corrected chi connectivity index (χ2v) is 5.33. The summed E-state index contributed by atoms with van der Waals surface area (Å²) in [6.45, 7) is 4.08. The summed E-state index contributed by atoms with van der Waals surface area (Å²) in [5.41, 5.74) is 0.577. The van der Waals surface area contributed by atoms with Crippen LogP contribution in [-0.2, 0) is 6.42 Å². The highest BCUT2D eigenvalue weighted by atomic mass is 79.9. The maximum atomic E-state index is 13.2. The van der Waals surface area contributed by atoms with Crippen molar-refractivity contribution in [1.82, 2.24) is 15.5 Å². The lowest BCUT2D eigenvalue weighted by Crippen LogP contribution is -2.16. The van der Waals surface area contributed by atoms with Crippen LogP contribution in [-0.4, -0.2) is 23.3 Å².